The van der Waals surface area contributed by atoms with Crippen molar-refractivity contribution in [3.05, 3.63) is 53.3 Å². The second-order valence-electron chi connectivity index (χ2n) is 6.34. The van der Waals surface area contributed by atoms with Crippen LogP contribution in [0.15, 0.2) is 47.6 Å². The van der Waals surface area contributed by atoms with Crippen LogP contribution < -0.4 is 15.9 Å². The van der Waals surface area contributed by atoms with Gasteiger partial charge in [0.15, 0.2) is 5.82 Å². The maximum Gasteiger partial charge on any atom is 0.234 e. The van der Waals surface area contributed by atoms with Crippen molar-refractivity contribution in [2.24, 2.45) is 0 Å². The molecule has 7 nitrogen and oxygen atoms in total. The molecule has 0 saturated heterocycles. The summed E-state index contributed by atoms with van der Waals surface area (Å²) in [7, 11) is 0. The Morgan fingerprint density at radius 1 is 1.31 bits per heavy atom. The van der Waals surface area contributed by atoms with Crippen molar-refractivity contribution >= 4 is 35.0 Å². The Bertz CT molecular complexity index is 1030. The lowest BCUT2D eigenvalue weighted by Gasteiger charge is -2.10. The minimum Gasteiger partial charge on any atom is -0.491 e. The summed E-state index contributed by atoms with van der Waals surface area (Å²) in [6.07, 6.45) is 0.0432. The van der Waals surface area contributed by atoms with Crippen molar-refractivity contribution in [3.8, 4) is 17.1 Å². The fourth-order valence-electron chi connectivity index (χ4n) is 2.45. The fraction of sp³-hybridized carbons (Fsp3) is 0.211. The number of thioether (sulfide) groups is 1. The van der Waals surface area contributed by atoms with Gasteiger partial charge in [-0.2, -0.15) is 0 Å². The number of carbonyl (C=O) groups excluding carboxylic acids is 1. The SMILES string of the molecule is CC(C)Oc1cccc(-c2nnc(SCC(=O)Nc3ccc(F)c(Cl)c3)n2N)c1. The Labute approximate surface area is 176 Å². The molecule has 0 spiro atoms. The van der Waals surface area contributed by atoms with E-state index < -0.39 is 5.82 Å². The van der Waals surface area contributed by atoms with Crippen LogP contribution >= 0.6 is 23.4 Å². The molecule has 0 atom stereocenters. The highest BCUT2D eigenvalue weighted by Crippen LogP contribution is 2.25. The Morgan fingerprint density at radius 3 is 2.83 bits per heavy atom. The van der Waals surface area contributed by atoms with Gasteiger partial charge < -0.3 is 15.9 Å². The van der Waals surface area contributed by atoms with Crippen molar-refractivity contribution in [3.63, 3.8) is 0 Å². The largest absolute Gasteiger partial charge is 0.491 e. The molecule has 1 heterocycles. The standard InChI is InChI=1S/C19H19ClFN5O2S/c1-11(2)28-14-5-3-4-12(8-14)18-24-25-19(26(18)22)29-10-17(27)23-13-6-7-16(21)15(20)9-13/h3-9,11H,10,22H2,1-2H3,(H,23,27). The van der Waals surface area contributed by atoms with E-state index in [1.54, 1.807) is 0 Å². The van der Waals surface area contributed by atoms with Crippen LogP contribution in [0.25, 0.3) is 11.4 Å². The van der Waals surface area contributed by atoms with Gasteiger partial charge in [0, 0.05) is 11.3 Å². The number of hydrogen-bond acceptors (Lipinski definition) is 6. The molecule has 10 heteroatoms. The lowest BCUT2D eigenvalue weighted by Crippen LogP contribution is -2.16. The number of anilines is 1. The molecule has 0 fully saturated rings. The third-order valence-electron chi connectivity index (χ3n) is 3.66. The molecule has 0 saturated carbocycles. The van der Waals surface area contributed by atoms with Crippen LogP contribution in [0.3, 0.4) is 0 Å². The van der Waals surface area contributed by atoms with Crippen LogP contribution in [0.5, 0.6) is 5.75 Å². The van der Waals surface area contributed by atoms with Crippen molar-refractivity contribution in [1.29, 1.82) is 0 Å². The highest BCUT2D eigenvalue weighted by Gasteiger charge is 2.15. The van der Waals surface area contributed by atoms with E-state index in [0.29, 0.717) is 22.4 Å². The van der Waals surface area contributed by atoms with Crippen molar-refractivity contribution in [1.82, 2.24) is 14.9 Å². The summed E-state index contributed by atoms with van der Waals surface area (Å²) < 4.78 is 20.2. The summed E-state index contributed by atoms with van der Waals surface area (Å²) >= 11 is 6.84. The van der Waals surface area contributed by atoms with Gasteiger partial charge in [0.05, 0.1) is 16.9 Å². The first kappa shape index (κ1) is 20.9. The number of benzene rings is 2. The maximum atomic E-state index is 13.2. The number of carbonyl (C=O) groups is 1. The van der Waals surface area contributed by atoms with E-state index in [2.05, 4.69) is 15.5 Å². The first-order valence-corrected chi connectivity index (χ1v) is 10.0. The lowest BCUT2D eigenvalue weighted by atomic mass is 10.2. The molecule has 1 amide bonds. The topological polar surface area (TPSA) is 95.1 Å². The summed E-state index contributed by atoms with van der Waals surface area (Å²) in [6.45, 7) is 3.88. The van der Waals surface area contributed by atoms with Gasteiger partial charge in [-0.3, -0.25) is 4.79 Å². The molecule has 2 aromatic carbocycles. The van der Waals surface area contributed by atoms with Gasteiger partial charge in [0.2, 0.25) is 11.1 Å². The molecule has 0 unspecified atom stereocenters. The Morgan fingerprint density at radius 2 is 2.10 bits per heavy atom. The molecule has 0 aliphatic rings. The highest BCUT2D eigenvalue weighted by molar-refractivity contribution is 7.99. The number of nitrogens with zero attached hydrogens (tertiary/aromatic N) is 3. The molecule has 0 radical (unpaired) electrons. The Hall–Kier alpha value is -2.78. The van der Waals surface area contributed by atoms with Crippen molar-refractivity contribution in [2.75, 3.05) is 16.9 Å². The molecule has 3 aromatic rings. The van der Waals surface area contributed by atoms with Gasteiger partial charge in [0.1, 0.15) is 11.6 Å². The van der Waals surface area contributed by atoms with Crippen molar-refractivity contribution < 1.29 is 13.9 Å². The van der Waals surface area contributed by atoms with Gasteiger partial charge >= 0.3 is 0 Å². The molecule has 3 rings (SSSR count). The third kappa shape index (κ3) is 5.39. The zero-order chi connectivity index (χ0) is 21.0. The second-order valence-corrected chi connectivity index (χ2v) is 7.69. The number of rotatable bonds is 7. The minimum absolute atomic E-state index is 0.0425. The number of halogens is 2. The molecular formula is C19H19ClFN5O2S. The van der Waals surface area contributed by atoms with E-state index in [-0.39, 0.29) is 22.8 Å². The molecule has 3 N–H and O–H groups in total. The maximum absolute atomic E-state index is 13.2. The van der Waals surface area contributed by atoms with Crippen molar-refractivity contribution in [2.45, 2.75) is 25.1 Å². The van der Waals surface area contributed by atoms with E-state index in [1.165, 1.54) is 22.9 Å². The number of amides is 1. The van der Waals surface area contributed by atoms with Crippen LogP contribution in [0.2, 0.25) is 5.02 Å². The number of ether oxygens (including phenoxy) is 1. The highest BCUT2D eigenvalue weighted by atomic mass is 35.5. The summed E-state index contributed by atoms with van der Waals surface area (Å²) in [6, 6.07) is 11.3. The second kappa shape index (κ2) is 9.15. The predicted octanol–water partition coefficient (Wildman–Crippen LogP) is 3.97. The summed E-state index contributed by atoms with van der Waals surface area (Å²) in [5.41, 5.74) is 1.15. The van der Waals surface area contributed by atoms with Crippen LogP contribution in [-0.4, -0.2) is 32.6 Å². The van der Waals surface area contributed by atoms with Gasteiger partial charge in [-0.1, -0.05) is 35.5 Å². The molecule has 29 heavy (non-hydrogen) atoms. The average molecular weight is 436 g/mol. The number of aromatic nitrogens is 3. The number of nitrogens with one attached hydrogen (secondary N) is 1. The van der Waals surface area contributed by atoms with Gasteiger partial charge in [-0.05, 0) is 44.2 Å². The normalized spacial score (nSPS) is 10.9. The predicted molar refractivity (Wildman–Crippen MR) is 112 cm³/mol. The zero-order valence-electron chi connectivity index (χ0n) is 15.7. The van der Waals surface area contributed by atoms with Gasteiger partial charge in [-0.25, -0.2) is 9.07 Å². The van der Waals surface area contributed by atoms with E-state index in [0.717, 1.165) is 17.3 Å². The zero-order valence-corrected chi connectivity index (χ0v) is 17.3. The van der Waals surface area contributed by atoms with Crippen LogP contribution in [0.4, 0.5) is 10.1 Å². The molecular weight excluding hydrogens is 417 g/mol. The monoisotopic (exact) mass is 435 g/mol. The van der Waals surface area contributed by atoms with Crippen LogP contribution in [0.1, 0.15) is 13.8 Å². The van der Waals surface area contributed by atoms with E-state index >= 15 is 0 Å². The Kier molecular flexibility index (Phi) is 6.60. The van der Waals surface area contributed by atoms with Gasteiger partial charge in [-0.15, -0.1) is 10.2 Å². The average Bonchev–Trinajstić information content (AvgIpc) is 3.03. The van der Waals surface area contributed by atoms with Crippen LogP contribution in [-0.2, 0) is 4.79 Å². The molecule has 0 aliphatic heterocycles. The first-order chi connectivity index (χ1) is 13.8. The Balaban J connectivity index is 1.65. The smallest absolute Gasteiger partial charge is 0.234 e. The molecule has 152 valence electrons. The first-order valence-electron chi connectivity index (χ1n) is 8.68. The molecule has 0 bridgehead atoms. The summed E-state index contributed by atoms with van der Waals surface area (Å²) in [4.78, 5) is 12.1. The summed E-state index contributed by atoms with van der Waals surface area (Å²) in [5.74, 6) is 6.44. The molecule has 0 aliphatic carbocycles. The number of hydrogen-bond donors (Lipinski definition) is 2. The number of nitrogen functional groups attached to an aromatic ring is 1. The van der Waals surface area contributed by atoms with E-state index in [4.69, 9.17) is 22.2 Å². The quantitative estimate of drug-likeness (QED) is 0.430. The van der Waals surface area contributed by atoms with Gasteiger partial charge in [0.25, 0.3) is 0 Å². The molecule has 1 aromatic heterocycles. The lowest BCUT2D eigenvalue weighted by molar-refractivity contribution is -0.113. The summed E-state index contributed by atoms with van der Waals surface area (Å²) in [5, 5.41) is 11.1. The van der Waals surface area contributed by atoms with E-state index in [9.17, 15) is 9.18 Å². The minimum atomic E-state index is -0.550. The van der Waals surface area contributed by atoms with E-state index in [1.807, 2.05) is 38.1 Å². The third-order valence-corrected chi connectivity index (χ3v) is 4.90. The van der Waals surface area contributed by atoms with Crippen LogP contribution in [0, 0.1) is 5.82 Å². The number of nitrogens with two attached hydrogens (primary N) is 1. The fourth-order valence-corrected chi connectivity index (χ4v) is 3.29.